The van der Waals surface area contributed by atoms with Crippen molar-refractivity contribution in [2.45, 2.75) is 6.54 Å². The van der Waals surface area contributed by atoms with Gasteiger partial charge in [0.05, 0.1) is 5.69 Å². The second-order valence-corrected chi connectivity index (χ2v) is 4.11. The van der Waals surface area contributed by atoms with Crippen molar-refractivity contribution in [1.82, 2.24) is 4.98 Å². The van der Waals surface area contributed by atoms with Crippen LogP contribution in [0.3, 0.4) is 0 Å². The third-order valence-electron chi connectivity index (χ3n) is 2.76. The number of para-hydroxylation sites is 1. The maximum Gasteiger partial charge on any atom is 0.146 e. The molecular weight excluding hydrogens is 229 g/mol. The molecule has 0 spiro atoms. The fourth-order valence-corrected chi connectivity index (χ4v) is 1.79. The van der Waals surface area contributed by atoms with Gasteiger partial charge in [-0.05, 0) is 23.8 Å². The summed E-state index contributed by atoms with van der Waals surface area (Å²) in [7, 11) is 3.69. The molecule has 0 atom stereocenters. The first-order chi connectivity index (χ1) is 8.70. The van der Waals surface area contributed by atoms with Crippen LogP contribution in [0.5, 0.6) is 0 Å². The van der Waals surface area contributed by atoms with Crippen LogP contribution >= 0.6 is 0 Å². The summed E-state index contributed by atoms with van der Waals surface area (Å²) >= 11 is 0. The van der Waals surface area contributed by atoms with Crippen molar-refractivity contribution in [3.8, 4) is 0 Å². The molecule has 0 fully saturated rings. The van der Waals surface area contributed by atoms with E-state index in [9.17, 15) is 4.39 Å². The van der Waals surface area contributed by atoms with Crippen molar-refractivity contribution >= 4 is 11.5 Å². The second-order valence-electron chi connectivity index (χ2n) is 4.11. The topological polar surface area (TPSA) is 28.2 Å². The molecule has 1 aromatic carbocycles. The van der Waals surface area contributed by atoms with Crippen LogP contribution in [0.4, 0.5) is 15.9 Å². The zero-order valence-corrected chi connectivity index (χ0v) is 10.5. The van der Waals surface area contributed by atoms with Crippen LogP contribution in [0.1, 0.15) is 5.56 Å². The van der Waals surface area contributed by atoms with Crippen molar-refractivity contribution in [1.29, 1.82) is 0 Å². The Hall–Kier alpha value is -2.10. The lowest BCUT2D eigenvalue weighted by Gasteiger charge is -2.19. The number of hydrogen-bond acceptors (Lipinski definition) is 3. The molecule has 1 N–H and O–H groups in total. The van der Waals surface area contributed by atoms with Crippen molar-refractivity contribution in [2.75, 3.05) is 24.3 Å². The molecule has 0 unspecified atom stereocenters. The van der Waals surface area contributed by atoms with Crippen LogP contribution in [0, 0.1) is 5.82 Å². The van der Waals surface area contributed by atoms with E-state index in [1.54, 1.807) is 18.3 Å². The smallest absolute Gasteiger partial charge is 0.146 e. The number of rotatable bonds is 4. The standard InChI is InChI=1S/C14H16FN3/c1-16-14-8-7-11(9-17-14)10-18(2)13-6-4-3-5-12(13)15/h3-9H,10H2,1-2H3,(H,16,17). The largest absolute Gasteiger partial charge is 0.373 e. The monoisotopic (exact) mass is 245 g/mol. The van der Waals surface area contributed by atoms with E-state index in [1.807, 2.05) is 37.2 Å². The van der Waals surface area contributed by atoms with E-state index < -0.39 is 0 Å². The summed E-state index contributed by atoms with van der Waals surface area (Å²) in [5.74, 6) is 0.618. The summed E-state index contributed by atoms with van der Waals surface area (Å²) in [6.07, 6.45) is 1.79. The van der Waals surface area contributed by atoms with Crippen LogP contribution < -0.4 is 10.2 Å². The highest BCUT2D eigenvalue weighted by Gasteiger charge is 2.07. The predicted molar refractivity (Wildman–Crippen MR) is 72.3 cm³/mol. The maximum atomic E-state index is 13.6. The van der Waals surface area contributed by atoms with Gasteiger partial charge in [-0.1, -0.05) is 18.2 Å². The molecule has 0 aliphatic rings. The molecule has 0 amide bonds. The van der Waals surface area contributed by atoms with Gasteiger partial charge < -0.3 is 10.2 Å². The molecule has 0 aliphatic heterocycles. The molecule has 0 aliphatic carbocycles. The number of pyridine rings is 1. The van der Waals surface area contributed by atoms with Crippen LogP contribution in [-0.4, -0.2) is 19.1 Å². The van der Waals surface area contributed by atoms with Crippen LogP contribution in [-0.2, 0) is 6.54 Å². The lowest BCUT2D eigenvalue weighted by Crippen LogP contribution is -2.17. The predicted octanol–water partition coefficient (Wildman–Crippen LogP) is 2.90. The summed E-state index contributed by atoms with van der Waals surface area (Å²) in [5, 5.41) is 2.96. The van der Waals surface area contributed by atoms with Crippen molar-refractivity contribution in [2.24, 2.45) is 0 Å². The summed E-state index contributed by atoms with van der Waals surface area (Å²) in [5.41, 5.74) is 1.63. The molecule has 4 heteroatoms. The van der Waals surface area contributed by atoms with Gasteiger partial charge in [-0.3, -0.25) is 0 Å². The Kier molecular flexibility index (Phi) is 3.77. The Labute approximate surface area is 106 Å². The van der Waals surface area contributed by atoms with Gasteiger partial charge in [0, 0.05) is 26.8 Å². The van der Waals surface area contributed by atoms with Gasteiger partial charge in [0.15, 0.2) is 0 Å². The highest BCUT2D eigenvalue weighted by molar-refractivity contribution is 5.47. The lowest BCUT2D eigenvalue weighted by atomic mass is 10.2. The molecule has 0 bridgehead atoms. The number of halogens is 1. The van der Waals surface area contributed by atoms with Gasteiger partial charge in [-0.2, -0.15) is 0 Å². The van der Waals surface area contributed by atoms with Gasteiger partial charge in [0.2, 0.25) is 0 Å². The first kappa shape index (κ1) is 12.4. The van der Waals surface area contributed by atoms with E-state index in [0.29, 0.717) is 12.2 Å². The minimum absolute atomic E-state index is 0.209. The highest BCUT2D eigenvalue weighted by atomic mass is 19.1. The van der Waals surface area contributed by atoms with Crippen LogP contribution in [0.25, 0.3) is 0 Å². The average Bonchev–Trinajstić information content (AvgIpc) is 2.40. The van der Waals surface area contributed by atoms with E-state index in [4.69, 9.17) is 0 Å². The Morgan fingerprint density at radius 1 is 1.22 bits per heavy atom. The number of nitrogens with zero attached hydrogens (tertiary/aromatic N) is 2. The normalized spacial score (nSPS) is 10.2. The molecule has 0 saturated carbocycles. The molecule has 0 saturated heterocycles. The van der Waals surface area contributed by atoms with Crippen molar-refractivity contribution in [3.05, 3.63) is 54.0 Å². The number of aromatic nitrogens is 1. The molecule has 0 radical (unpaired) electrons. The average molecular weight is 245 g/mol. The molecule has 1 heterocycles. The van der Waals surface area contributed by atoms with Gasteiger partial charge >= 0.3 is 0 Å². The van der Waals surface area contributed by atoms with E-state index in [1.165, 1.54) is 6.07 Å². The fraction of sp³-hybridized carbons (Fsp3) is 0.214. The lowest BCUT2D eigenvalue weighted by molar-refractivity contribution is 0.622. The molecule has 94 valence electrons. The minimum atomic E-state index is -0.209. The summed E-state index contributed by atoms with van der Waals surface area (Å²) in [6.45, 7) is 0.623. The minimum Gasteiger partial charge on any atom is -0.373 e. The summed E-state index contributed by atoms with van der Waals surface area (Å²) in [6, 6.07) is 10.6. The molecule has 2 rings (SSSR count). The first-order valence-electron chi connectivity index (χ1n) is 5.79. The third-order valence-corrected chi connectivity index (χ3v) is 2.76. The zero-order chi connectivity index (χ0) is 13.0. The van der Waals surface area contributed by atoms with Crippen LogP contribution in [0.15, 0.2) is 42.6 Å². The van der Waals surface area contributed by atoms with E-state index in [-0.39, 0.29) is 5.82 Å². The first-order valence-corrected chi connectivity index (χ1v) is 5.79. The summed E-state index contributed by atoms with van der Waals surface area (Å²) < 4.78 is 13.6. The number of benzene rings is 1. The van der Waals surface area contributed by atoms with Gasteiger partial charge in [-0.15, -0.1) is 0 Å². The molecule has 1 aromatic heterocycles. The number of nitrogens with one attached hydrogen (secondary N) is 1. The molecule has 18 heavy (non-hydrogen) atoms. The van der Waals surface area contributed by atoms with Gasteiger partial charge in [-0.25, -0.2) is 9.37 Å². The quantitative estimate of drug-likeness (QED) is 0.897. The molecular formula is C14H16FN3. The van der Waals surface area contributed by atoms with Crippen LogP contribution in [0.2, 0.25) is 0 Å². The maximum absolute atomic E-state index is 13.6. The van der Waals surface area contributed by atoms with E-state index in [0.717, 1.165) is 11.4 Å². The zero-order valence-electron chi connectivity index (χ0n) is 10.5. The van der Waals surface area contributed by atoms with Crippen molar-refractivity contribution in [3.63, 3.8) is 0 Å². The Morgan fingerprint density at radius 3 is 2.61 bits per heavy atom. The Bertz CT molecular complexity index is 511. The Balaban J connectivity index is 2.11. The van der Waals surface area contributed by atoms with E-state index in [2.05, 4.69) is 10.3 Å². The van der Waals surface area contributed by atoms with Gasteiger partial charge in [0.25, 0.3) is 0 Å². The SMILES string of the molecule is CNc1ccc(CN(C)c2ccccc2F)cn1. The number of hydrogen-bond donors (Lipinski definition) is 1. The van der Waals surface area contributed by atoms with Crippen molar-refractivity contribution < 1.29 is 4.39 Å². The van der Waals surface area contributed by atoms with Gasteiger partial charge in [0.1, 0.15) is 11.6 Å². The fourth-order valence-electron chi connectivity index (χ4n) is 1.79. The summed E-state index contributed by atoms with van der Waals surface area (Å²) in [4.78, 5) is 6.10. The van der Waals surface area contributed by atoms with E-state index >= 15 is 0 Å². The molecule has 3 nitrogen and oxygen atoms in total. The second kappa shape index (κ2) is 5.49. The Morgan fingerprint density at radius 2 is 2.00 bits per heavy atom. The number of anilines is 2. The molecule has 2 aromatic rings. The third kappa shape index (κ3) is 2.77. The highest BCUT2D eigenvalue weighted by Crippen LogP contribution is 2.19.